The maximum atomic E-state index is 10.4. The molecule has 3 nitrogen and oxygen atoms in total. The fraction of sp³-hybridized carbons (Fsp3) is 0.625. The molecule has 4 N–H and O–H groups in total. The summed E-state index contributed by atoms with van der Waals surface area (Å²) in [7, 11) is 0. The first kappa shape index (κ1) is 10.0. The van der Waals surface area contributed by atoms with Crippen LogP contribution in [0.25, 0.3) is 0 Å². The average Bonchev–Trinajstić information content (AvgIpc) is 1.53. The van der Waals surface area contributed by atoms with E-state index in [1.165, 1.54) is 6.08 Å². The van der Waals surface area contributed by atoms with Crippen LogP contribution in [0.2, 0.25) is 0 Å². The van der Waals surface area contributed by atoms with Gasteiger partial charge in [0.05, 0.1) is 0 Å². The number of nitrogens with two attached hydrogens (primary N) is 2. The standard InChI is InChI=1S/C8H16N2O/c1-8(2,3)5-6(9)4-7(10)11/h4H,5,9H2,1-3H3,(H2,10,11). The summed E-state index contributed by atoms with van der Waals surface area (Å²) >= 11 is 0. The molecule has 0 heterocycles. The second-order valence-electron chi connectivity index (χ2n) is 3.86. The van der Waals surface area contributed by atoms with E-state index in [0.717, 1.165) is 0 Å². The van der Waals surface area contributed by atoms with Crippen LogP contribution in [0.5, 0.6) is 0 Å². The molecule has 0 aliphatic carbocycles. The molecule has 0 atom stereocenters. The van der Waals surface area contributed by atoms with Gasteiger partial charge in [-0.2, -0.15) is 0 Å². The Kier molecular flexibility index (Phi) is 3.11. The third-order valence-corrected chi connectivity index (χ3v) is 1.06. The Morgan fingerprint density at radius 3 is 2.09 bits per heavy atom. The second-order valence-corrected chi connectivity index (χ2v) is 3.86. The van der Waals surface area contributed by atoms with Crippen LogP contribution < -0.4 is 11.5 Å². The largest absolute Gasteiger partial charge is 0.402 e. The Morgan fingerprint density at radius 1 is 1.36 bits per heavy atom. The van der Waals surface area contributed by atoms with Gasteiger partial charge < -0.3 is 11.5 Å². The highest BCUT2D eigenvalue weighted by molar-refractivity contribution is 5.86. The van der Waals surface area contributed by atoms with Crippen molar-refractivity contribution in [2.45, 2.75) is 27.2 Å². The van der Waals surface area contributed by atoms with E-state index in [9.17, 15) is 4.79 Å². The molecule has 0 spiro atoms. The Morgan fingerprint density at radius 2 is 1.82 bits per heavy atom. The van der Waals surface area contributed by atoms with Gasteiger partial charge in [-0.1, -0.05) is 20.8 Å². The Hall–Kier alpha value is -0.990. The van der Waals surface area contributed by atoms with Crippen molar-refractivity contribution in [1.82, 2.24) is 0 Å². The molecule has 0 aliphatic heterocycles. The van der Waals surface area contributed by atoms with Crippen LogP contribution in [0.3, 0.4) is 0 Å². The van der Waals surface area contributed by atoms with Crippen LogP contribution >= 0.6 is 0 Å². The summed E-state index contributed by atoms with van der Waals surface area (Å²) in [5.41, 5.74) is 11.1. The first-order valence-corrected chi connectivity index (χ1v) is 3.57. The first-order valence-electron chi connectivity index (χ1n) is 3.57. The molecule has 0 fully saturated rings. The monoisotopic (exact) mass is 156 g/mol. The van der Waals surface area contributed by atoms with Gasteiger partial charge >= 0.3 is 0 Å². The van der Waals surface area contributed by atoms with E-state index in [1.54, 1.807) is 0 Å². The molecule has 0 aliphatic rings. The van der Waals surface area contributed by atoms with Gasteiger partial charge in [-0.25, -0.2) is 0 Å². The Bertz CT molecular complexity index is 177. The van der Waals surface area contributed by atoms with Crippen LogP contribution in [0.1, 0.15) is 27.2 Å². The topological polar surface area (TPSA) is 69.1 Å². The van der Waals surface area contributed by atoms with Gasteiger partial charge in [0.2, 0.25) is 5.91 Å². The predicted molar refractivity (Wildman–Crippen MR) is 45.5 cm³/mol. The number of hydrogen-bond donors (Lipinski definition) is 2. The van der Waals surface area contributed by atoms with Gasteiger partial charge in [0.15, 0.2) is 0 Å². The molecule has 0 aromatic heterocycles. The quantitative estimate of drug-likeness (QED) is 0.579. The zero-order chi connectivity index (χ0) is 9.07. The lowest BCUT2D eigenvalue weighted by Crippen LogP contribution is -2.15. The number of amides is 1. The third kappa shape index (κ3) is 6.90. The van der Waals surface area contributed by atoms with E-state index < -0.39 is 5.91 Å². The van der Waals surface area contributed by atoms with Crippen LogP contribution in [0.4, 0.5) is 0 Å². The molecular weight excluding hydrogens is 140 g/mol. The summed E-state index contributed by atoms with van der Waals surface area (Å²) in [6, 6.07) is 0. The van der Waals surface area contributed by atoms with Gasteiger partial charge in [-0.15, -0.1) is 0 Å². The fourth-order valence-corrected chi connectivity index (χ4v) is 0.846. The Balaban J connectivity index is 4.07. The second kappa shape index (κ2) is 3.42. The van der Waals surface area contributed by atoms with Crippen LogP contribution in [0, 0.1) is 5.41 Å². The zero-order valence-corrected chi connectivity index (χ0v) is 7.35. The number of primary amides is 1. The molecule has 0 aromatic rings. The molecule has 0 aromatic carbocycles. The summed E-state index contributed by atoms with van der Waals surface area (Å²) in [4.78, 5) is 10.4. The van der Waals surface area contributed by atoms with E-state index in [2.05, 4.69) is 20.8 Å². The average molecular weight is 156 g/mol. The van der Waals surface area contributed by atoms with Gasteiger partial charge in [0.1, 0.15) is 0 Å². The van der Waals surface area contributed by atoms with Crippen LogP contribution in [0.15, 0.2) is 11.8 Å². The number of carbonyl (C=O) groups excluding carboxylic acids is 1. The van der Waals surface area contributed by atoms with Crippen molar-refractivity contribution in [2.75, 3.05) is 0 Å². The van der Waals surface area contributed by atoms with E-state index in [1.807, 2.05) is 0 Å². The molecular formula is C8H16N2O. The highest BCUT2D eigenvalue weighted by atomic mass is 16.1. The molecule has 1 amide bonds. The number of allylic oxidation sites excluding steroid dienone is 1. The fourth-order valence-electron chi connectivity index (χ4n) is 0.846. The molecule has 0 radical (unpaired) electrons. The zero-order valence-electron chi connectivity index (χ0n) is 7.35. The molecule has 0 rings (SSSR count). The molecule has 0 saturated carbocycles. The molecule has 11 heavy (non-hydrogen) atoms. The minimum atomic E-state index is -0.480. The van der Waals surface area contributed by atoms with Gasteiger partial charge in [0.25, 0.3) is 0 Å². The van der Waals surface area contributed by atoms with Gasteiger partial charge in [0, 0.05) is 11.8 Å². The molecule has 0 saturated heterocycles. The van der Waals surface area contributed by atoms with E-state index >= 15 is 0 Å². The van der Waals surface area contributed by atoms with Gasteiger partial charge in [-0.3, -0.25) is 4.79 Å². The Labute approximate surface area is 67.4 Å². The van der Waals surface area contributed by atoms with Crippen LogP contribution in [-0.2, 0) is 4.79 Å². The van der Waals surface area contributed by atoms with E-state index in [4.69, 9.17) is 11.5 Å². The van der Waals surface area contributed by atoms with Crippen molar-refractivity contribution in [1.29, 1.82) is 0 Å². The highest BCUT2D eigenvalue weighted by Gasteiger charge is 2.11. The van der Waals surface area contributed by atoms with E-state index in [-0.39, 0.29) is 5.41 Å². The van der Waals surface area contributed by atoms with E-state index in [0.29, 0.717) is 12.1 Å². The molecule has 64 valence electrons. The molecule has 3 heteroatoms. The summed E-state index contributed by atoms with van der Waals surface area (Å²) in [5, 5.41) is 0. The molecule has 0 unspecified atom stereocenters. The van der Waals surface area contributed by atoms with Crippen molar-refractivity contribution in [3.8, 4) is 0 Å². The third-order valence-electron chi connectivity index (χ3n) is 1.06. The minimum Gasteiger partial charge on any atom is -0.402 e. The van der Waals surface area contributed by atoms with Crippen LogP contribution in [-0.4, -0.2) is 5.91 Å². The summed E-state index contributed by atoms with van der Waals surface area (Å²) in [5.74, 6) is -0.480. The summed E-state index contributed by atoms with van der Waals surface area (Å²) in [6.07, 6.45) is 1.96. The number of carbonyl (C=O) groups is 1. The first-order chi connectivity index (χ1) is 4.81. The normalized spacial score (nSPS) is 13.2. The summed E-state index contributed by atoms with van der Waals surface area (Å²) in [6.45, 7) is 6.15. The van der Waals surface area contributed by atoms with Crippen molar-refractivity contribution < 1.29 is 4.79 Å². The van der Waals surface area contributed by atoms with Gasteiger partial charge in [-0.05, 0) is 11.8 Å². The molecule has 0 bridgehead atoms. The number of rotatable bonds is 2. The number of hydrogen-bond acceptors (Lipinski definition) is 2. The van der Waals surface area contributed by atoms with Crippen molar-refractivity contribution in [2.24, 2.45) is 16.9 Å². The van der Waals surface area contributed by atoms with Crippen molar-refractivity contribution >= 4 is 5.91 Å². The maximum Gasteiger partial charge on any atom is 0.243 e. The maximum absolute atomic E-state index is 10.4. The van der Waals surface area contributed by atoms with Crippen molar-refractivity contribution in [3.63, 3.8) is 0 Å². The smallest absolute Gasteiger partial charge is 0.243 e. The SMILES string of the molecule is CC(C)(C)CC(N)=CC(N)=O. The summed E-state index contributed by atoms with van der Waals surface area (Å²) < 4.78 is 0. The predicted octanol–water partition coefficient (Wildman–Crippen LogP) is 0.751. The highest BCUT2D eigenvalue weighted by Crippen LogP contribution is 2.20. The van der Waals surface area contributed by atoms with Crippen molar-refractivity contribution in [3.05, 3.63) is 11.8 Å². The minimum absolute atomic E-state index is 0.107. The lowest BCUT2D eigenvalue weighted by Gasteiger charge is -2.17. The lowest BCUT2D eigenvalue weighted by molar-refractivity contribution is -0.113. The lowest BCUT2D eigenvalue weighted by atomic mass is 9.90.